The van der Waals surface area contributed by atoms with Gasteiger partial charge in [0.05, 0.1) is 6.04 Å². The molecule has 10 N–H and O–H groups in total. The van der Waals surface area contributed by atoms with E-state index in [0.717, 1.165) is 6.42 Å². The Labute approximate surface area is 200 Å². The molecule has 0 spiro atoms. The SMILES string of the molecule is NC(=O)CCC(NC(=O)C(CCC(N)=O)NC(=O)C1CCCN1)C(=O)NC(CCC(=O)O)C(=O)O. The number of rotatable bonds is 16. The first-order valence-corrected chi connectivity index (χ1v) is 11.1. The Morgan fingerprint density at radius 2 is 1.26 bits per heavy atom. The van der Waals surface area contributed by atoms with Crippen LogP contribution in [0.3, 0.4) is 0 Å². The number of aliphatic carboxylic acids is 2. The maximum atomic E-state index is 12.9. The van der Waals surface area contributed by atoms with E-state index in [-0.39, 0.29) is 25.7 Å². The normalized spacial score (nSPS) is 17.4. The van der Waals surface area contributed by atoms with Crippen molar-refractivity contribution in [2.24, 2.45) is 11.5 Å². The Hall–Kier alpha value is -3.75. The molecule has 5 amide bonds. The van der Waals surface area contributed by atoms with Gasteiger partial charge in [0, 0.05) is 19.3 Å². The first-order valence-electron chi connectivity index (χ1n) is 11.1. The average Bonchev–Trinajstić information content (AvgIpc) is 3.30. The van der Waals surface area contributed by atoms with Crippen molar-refractivity contribution in [3.63, 3.8) is 0 Å². The van der Waals surface area contributed by atoms with E-state index in [0.29, 0.717) is 13.0 Å². The molecule has 0 aromatic carbocycles. The summed E-state index contributed by atoms with van der Waals surface area (Å²) in [5, 5.41) is 28.0. The molecule has 0 aliphatic carbocycles. The van der Waals surface area contributed by atoms with Gasteiger partial charge in [0.2, 0.25) is 29.5 Å². The number of carboxylic acid groups (broad SMARTS) is 2. The molecule has 35 heavy (non-hydrogen) atoms. The number of nitrogens with one attached hydrogen (secondary N) is 4. The predicted molar refractivity (Wildman–Crippen MR) is 118 cm³/mol. The van der Waals surface area contributed by atoms with Crippen molar-refractivity contribution in [2.45, 2.75) is 75.5 Å². The van der Waals surface area contributed by atoms with Crippen LogP contribution in [0.15, 0.2) is 0 Å². The van der Waals surface area contributed by atoms with Gasteiger partial charge in [-0.25, -0.2) is 4.79 Å². The van der Waals surface area contributed by atoms with Crippen LogP contribution in [0, 0.1) is 0 Å². The van der Waals surface area contributed by atoms with Crippen molar-refractivity contribution in [3.8, 4) is 0 Å². The van der Waals surface area contributed by atoms with E-state index in [1.165, 1.54) is 0 Å². The quantitative estimate of drug-likeness (QED) is 0.104. The molecule has 1 aliphatic rings. The number of carbonyl (C=O) groups is 7. The summed E-state index contributed by atoms with van der Waals surface area (Å²) in [4.78, 5) is 82.7. The summed E-state index contributed by atoms with van der Waals surface area (Å²) in [5.41, 5.74) is 10.3. The van der Waals surface area contributed by atoms with Gasteiger partial charge in [-0.2, -0.15) is 0 Å². The van der Waals surface area contributed by atoms with Crippen LogP contribution in [0.1, 0.15) is 51.4 Å². The topological polar surface area (TPSA) is 260 Å². The molecule has 1 heterocycles. The van der Waals surface area contributed by atoms with Crippen LogP contribution >= 0.6 is 0 Å². The molecule has 1 aliphatic heterocycles. The summed E-state index contributed by atoms with van der Waals surface area (Å²) >= 11 is 0. The van der Waals surface area contributed by atoms with Gasteiger partial charge in [-0.05, 0) is 38.6 Å². The van der Waals surface area contributed by atoms with Crippen molar-refractivity contribution >= 4 is 41.5 Å². The van der Waals surface area contributed by atoms with Crippen molar-refractivity contribution in [2.75, 3.05) is 6.54 Å². The summed E-state index contributed by atoms with van der Waals surface area (Å²) in [6, 6.07) is -4.77. The zero-order valence-electron chi connectivity index (χ0n) is 19.1. The molecule has 4 atom stereocenters. The fourth-order valence-corrected chi connectivity index (χ4v) is 3.36. The van der Waals surface area contributed by atoms with Crippen LogP contribution in [0.5, 0.6) is 0 Å². The van der Waals surface area contributed by atoms with Crippen molar-refractivity contribution in [3.05, 3.63) is 0 Å². The number of carboxylic acids is 2. The third-order valence-corrected chi connectivity index (χ3v) is 5.26. The lowest BCUT2D eigenvalue weighted by molar-refractivity contribution is -0.143. The van der Waals surface area contributed by atoms with E-state index in [2.05, 4.69) is 21.3 Å². The first kappa shape index (κ1) is 29.3. The molecule has 4 unspecified atom stereocenters. The smallest absolute Gasteiger partial charge is 0.326 e. The zero-order valence-corrected chi connectivity index (χ0v) is 19.1. The summed E-state index contributed by atoms with van der Waals surface area (Å²) in [5.74, 6) is -6.60. The Bertz CT molecular complexity index is 828. The van der Waals surface area contributed by atoms with Crippen LogP contribution < -0.4 is 32.7 Å². The van der Waals surface area contributed by atoms with Gasteiger partial charge in [-0.3, -0.25) is 28.8 Å². The summed E-state index contributed by atoms with van der Waals surface area (Å²) in [7, 11) is 0. The minimum atomic E-state index is -1.56. The van der Waals surface area contributed by atoms with Gasteiger partial charge < -0.3 is 42.9 Å². The van der Waals surface area contributed by atoms with Gasteiger partial charge in [-0.15, -0.1) is 0 Å². The second-order valence-corrected chi connectivity index (χ2v) is 8.11. The van der Waals surface area contributed by atoms with Gasteiger partial charge in [0.1, 0.15) is 18.1 Å². The number of hydrogen-bond acceptors (Lipinski definition) is 8. The van der Waals surface area contributed by atoms with Crippen molar-refractivity contribution in [1.82, 2.24) is 21.3 Å². The molecule has 15 nitrogen and oxygen atoms in total. The summed E-state index contributed by atoms with van der Waals surface area (Å²) in [6.45, 7) is 0.623. The Morgan fingerprint density at radius 1 is 0.771 bits per heavy atom. The van der Waals surface area contributed by atoms with Crippen LogP contribution in [0.25, 0.3) is 0 Å². The lowest BCUT2D eigenvalue weighted by Gasteiger charge is -2.25. The molecule has 0 aromatic rings. The molecule has 1 fully saturated rings. The van der Waals surface area contributed by atoms with E-state index in [9.17, 15) is 38.7 Å². The second kappa shape index (κ2) is 14.5. The minimum Gasteiger partial charge on any atom is -0.481 e. The third kappa shape index (κ3) is 11.3. The first-order chi connectivity index (χ1) is 16.4. The number of carbonyl (C=O) groups excluding carboxylic acids is 5. The molecule has 1 rings (SSSR count). The monoisotopic (exact) mass is 500 g/mol. The molecule has 1 saturated heterocycles. The fourth-order valence-electron chi connectivity index (χ4n) is 3.36. The zero-order chi connectivity index (χ0) is 26.5. The van der Waals surface area contributed by atoms with E-state index >= 15 is 0 Å². The number of nitrogens with two attached hydrogens (primary N) is 2. The van der Waals surface area contributed by atoms with Gasteiger partial charge >= 0.3 is 11.9 Å². The predicted octanol–water partition coefficient (Wildman–Crippen LogP) is -3.33. The molecule has 196 valence electrons. The van der Waals surface area contributed by atoms with Gasteiger partial charge in [0.15, 0.2) is 0 Å². The molecular formula is C20H32N6O9. The summed E-state index contributed by atoms with van der Waals surface area (Å²) < 4.78 is 0. The lowest BCUT2D eigenvalue weighted by Crippen LogP contribution is -2.57. The van der Waals surface area contributed by atoms with E-state index in [1.807, 2.05) is 0 Å². The van der Waals surface area contributed by atoms with Crippen LogP contribution in [-0.2, 0) is 33.6 Å². The maximum Gasteiger partial charge on any atom is 0.326 e. The largest absolute Gasteiger partial charge is 0.481 e. The van der Waals surface area contributed by atoms with E-state index in [1.54, 1.807) is 0 Å². The second-order valence-electron chi connectivity index (χ2n) is 8.11. The Morgan fingerprint density at radius 3 is 1.69 bits per heavy atom. The number of hydrogen-bond donors (Lipinski definition) is 8. The maximum absolute atomic E-state index is 12.9. The van der Waals surface area contributed by atoms with Crippen molar-refractivity contribution < 1.29 is 43.8 Å². The standard InChI is InChI=1S/C20H32N6O9/c21-14(27)6-3-11(24-17(31)10-2-1-9-23-10)18(32)25-12(4-7-15(22)28)19(33)26-13(20(34)35)5-8-16(29)30/h10-13,23H,1-9H2,(H2,21,27)(H2,22,28)(H,24,31)(H,25,32)(H,26,33)(H,29,30)(H,34,35). The highest BCUT2D eigenvalue weighted by molar-refractivity contribution is 5.94. The Kier molecular flexibility index (Phi) is 12.1. The molecular weight excluding hydrogens is 468 g/mol. The lowest BCUT2D eigenvalue weighted by atomic mass is 10.1. The number of primary amides is 2. The summed E-state index contributed by atoms with van der Waals surface area (Å²) in [6.07, 6.45) is -0.686. The molecule has 0 bridgehead atoms. The average molecular weight is 501 g/mol. The highest BCUT2D eigenvalue weighted by atomic mass is 16.4. The number of amides is 5. The highest BCUT2D eigenvalue weighted by Gasteiger charge is 2.31. The molecule has 0 saturated carbocycles. The molecule has 0 aromatic heterocycles. The fraction of sp³-hybridized carbons (Fsp3) is 0.650. The van der Waals surface area contributed by atoms with Crippen LogP contribution in [0.4, 0.5) is 0 Å². The van der Waals surface area contributed by atoms with Gasteiger partial charge in [-0.1, -0.05) is 0 Å². The highest BCUT2D eigenvalue weighted by Crippen LogP contribution is 2.08. The molecule has 15 heteroatoms. The van der Waals surface area contributed by atoms with E-state index in [4.69, 9.17) is 16.6 Å². The molecule has 0 radical (unpaired) electrons. The van der Waals surface area contributed by atoms with Crippen LogP contribution in [-0.4, -0.2) is 82.4 Å². The third-order valence-electron chi connectivity index (χ3n) is 5.26. The van der Waals surface area contributed by atoms with Gasteiger partial charge in [0.25, 0.3) is 0 Å². The Balaban J connectivity index is 2.97. The van der Waals surface area contributed by atoms with Crippen LogP contribution in [0.2, 0.25) is 0 Å². The van der Waals surface area contributed by atoms with E-state index < -0.39 is 78.5 Å². The van der Waals surface area contributed by atoms with Crippen molar-refractivity contribution in [1.29, 1.82) is 0 Å². The minimum absolute atomic E-state index is 0.167.